The molecule has 0 heterocycles. The van der Waals surface area contributed by atoms with Crippen LogP contribution in [0.1, 0.15) is 17.3 Å². The zero-order valence-corrected chi connectivity index (χ0v) is 12.0. The van der Waals surface area contributed by atoms with Gasteiger partial charge in [0.05, 0.1) is 25.7 Å². The Hall–Kier alpha value is -2.24. The smallest absolute Gasteiger partial charge is 0.310 e. The summed E-state index contributed by atoms with van der Waals surface area (Å²) in [6, 6.07) is 4.44. The van der Waals surface area contributed by atoms with E-state index in [1.807, 2.05) is 0 Å². The van der Waals surface area contributed by atoms with E-state index in [0.717, 1.165) is 0 Å². The number of benzene rings is 1. The van der Waals surface area contributed by atoms with E-state index in [0.29, 0.717) is 5.75 Å². The molecule has 1 rings (SSSR count). The topological polar surface area (TPSA) is 76.1 Å². The largest absolute Gasteiger partial charge is 0.507 e. The predicted molar refractivity (Wildman–Crippen MR) is 72.8 cm³/mol. The van der Waals surface area contributed by atoms with Gasteiger partial charge in [-0.25, -0.2) is 0 Å². The summed E-state index contributed by atoms with van der Waals surface area (Å²) in [7, 11) is 4.34. The van der Waals surface area contributed by atoms with E-state index in [4.69, 9.17) is 4.74 Å². The average molecular weight is 281 g/mol. The second-order valence-electron chi connectivity index (χ2n) is 4.49. The van der Waals surface area contributed by atoms with E-state index in [9.17, 15) is 14.7 Å². The van der Waals surface area contributed by atoms with Crippen LogP contribution >= 0.6 is 0 Å². The number of phenols is 1. The lowest BCUT2D eigenvalue weighted by Crippen LogP contribution is -2.34. The minimum absolute atomic E-state index is 0.158. The van der Waals surface area contributed by atoms with Gasteiger partial charge in [0.2, 0.25) is 0 Å². The zero-order chi connectivity index (χ0) is 15.3. The number of hydrogen-bond donors (Lipinski definition) is 1. The normalized spacial score (nSPS) is 11.6. The summed E-state index contributed by atoms with van der Waals surface area (Å²) in [5, 5.41) is 9.81. The maximum atomic E-state index is 12.2. The third kappa shape index (κ3) is 3.63. The van der Waals surface area contributed by atoms with E-state index in [1.54, 1.807) is 20.0 Å². The first-order chi connectivity index (χ1) is 9.40. The molecule has 0 aliphatic rings. The molecule has 0 fully saturated rings. The molecule has 1 N–H and O–H groups in total. The van der Waals surface area contributed by atoms with Crippen LogP contribution in [0.2, 0.25) is 0 Å². The number of ether oxygens (including phenoxy) is 2. The molecular weight excluding hydrogens is 262 g/mol. The molecule has 1 atom stereocenters. The third-order valence-corrected chi connectivity index (χ3v) is 2.93. The highest BCUT2D eigenvalue weighted by atomic mass is 16.5. The number of methoxy groups -OCH3 is 2. The van der Waals surface area contributed by atoms with Gasteiger partial charge in [0.15, 0.2) is 0 Å². The first-order valence-corrected chi connectivity index (χ1v) is 6.11. The van der Waals surface area contributed by atoms with Crippen LogP contribution < -0.4 is 4.74 Å². The van der Waals surface area contributed by atoms with Crippen molar-refractivity contribution in [1.29, 1.82) is 0 Å². The summed E-state index contributed by atoms with van der Waals surface area (Å²) in [6.07, 6.45) is 0. The van der Waals surface area contributed by atoms with Crippen molar-refractivity contribution < 1.29 is 24.2 Å². The summed E-state index contributed by atoms with van der Waals surface area (Å²) in [6.45, 7) is 1.88. The molecule has 0 aliphatic heterocycles. The third-order valence-electron chi connectivity index (χ3n) is 2.93. The molecule has 0 saturated carbocycles. The van der Waals surface area contributed by atoms with Crippen molar-refractivity contribution in [2.45, 2.75) is 6.92 Å². The molecule has 1 aromatic rings. The van der Waals surface area contributed by atoms with Gasteiger partial charge in [0.1, 0.15) is 11.5 Å². The number of nitrogens with zero attached hydrogens (tertiary/aromatic N) is 1. The van der Waals surface area contributed by atoms with E-state index >= 15 is 0 Å². The average Bonchev–Trinajstić information content (AvgIpc) is 2.45. The standard InChI is InChI=1S/C14H19NO5/c1-9(14(18)20-4)8-15(2)13(17)11-6-5-10(19-3)7-12(11)16/h5-7,9,16H,8H2,1-4H3. The number of rotatable bonds is 5. The lowest BCUT2D eigenvalue weighted by molar-refractivity contribution is -0.145. The lowest BCUT2D eigenvalue weighted by atomic mass is 10.1. The molecule has 110 valence electrons. The minimum atomic E-state index is -0.436. The highest BCUT2D eigenvalue weighted by molar-refractivity contribution is 5.97. The Balaban J connectivity index is 2.81. The van der Waals surface area contributed by atoms with Crippen LogP contribution in [0.25, 0.3) is 0 Å². The summed E-state index contributed by atoms with van der Waals surface area (Å²) in [5.74, 6) is -0.893. The second kappa shape index (κ2) is 6.79. The van der Waals surface area contributed by atoms with Crippen LogP contribution in [0.5, 0.6) is 11.5 Å². The minimum Gasteiger partial charge on any atom is -0.507 e. The van der Waals surface area contributed by atoms with Crippen LogP contribution in [0.3, 0.4) is 0 Å². The lowest BCUT2D eigenvalue weighted by Gasteiger charge is -2.20. The number of aromatic hydroxyl groups is 1. The van der Waals surface area contributed by atoms with Crippen molar-refractivity contribution in [2.75, 3.05) is 27.8 Å². The van der Waals surface area contributed by atoms with Gasteiger partial charge in [0.25, 0.3) is 5.91 Å². The molecule has 20 heavy (non-hydrogen) atoms. The van der Waals surface area contributed by atoms with Crippen LogP contribution in [0.15, 0.2) is 18.2 Å². The van der Waals surface area contributed by atoms with Crippen molar-refractivity contribution in [3.8, 4) is 11.5 Å². The maximum absolute atomic E-state index is 12.2. The molecule has 1 amide bonds. The molecule has 6 heteroatoms. The summed E-state index contributed by atoms with van der Waals surface area (Å²) in [5.41, 5.74) is 0.158. The first kappa shape index (κ1) is 15.8. The Morgan fingerprint density at radius 3 is 2.50 bits per heavy atom. The summed E-state index contributed by atoms with van der Waals surface area (Å²) in [4.78, 5) is 24.9. The van der Waals surface area contributed by atoms with Gasteiger partial charge in [0, 0.05) is 19.7 Å². The zero-order valence-electron chi connectivity index (χ0n) is 12.0. The van der Waals surface area contributed by atoms with Gasteiger partial charge in [-0.15, -0.1) is 0 Å². The van der Waals surface area contributed by atoms with Crippen molar-refractivity contribution in [3.63, 3.8) is 0 Å². The first-order valence-electron chi connectivity index (χ1n) is 6.11. The molecular formula is C14H19NO5. The molecule has 0 radical (unpaired) electrons. The van der Waals surface area contributed by atoms with E-state index in [2.05, 4.69) is 4.74 Å². The highest BCUT2D eigenvalue weighted by Crippen LogP contribution is 2.24. The molecule has 0 aliphatic carbocycles. The molecule has 6 nitrogen and oxygen atoms in total. The number of phenolic OH excluding ortho intramolecular Hbond substituents is 1. The van der Waals surface area contributed by atoms with Gasteiger partial charge in [-0.1, -0.05) is 6.92 Å². The fraction of sp³-hybridized carbons (Fsp3) is 0.429. The number of amides is 1. The van der Waals surface area contributed by atoms with Gasteiger partial charge < -0.3 is 19.5 Å². The molecule has 1 unspecified atom stereocenters. The second-order valence-corrected chi connectivity index (χ2v) is 4.49. The Bertz CT molecular complexity index is 500. The fourth-order valence-corrected chi connectivity index (χ4v) is 1.79. The number of esters is 1. The van der Waals surface area contributed by atoms with Crippen molar-refractivity contribution >= 4 is 11.9 Å². The monoisotopic (exact) mass is 281 g/mol. The van der Waals surface area contributed by atoms with Crippen LogP contribution in [0.4, 0.5) is 0 Å². The predicted octanol–water partition coefficient (Wildman–Crippen LogP) is 1.28. The molecule has 0 bridgehead atoms. The summed E-state index contributed by atoms with van der Waals surface area (Å²) >= 11 is 0. The van der Waals surface area contributed by atoms with Crippen LogP contribution in [-0.2, 0) is 9.53 Å². The van der Waals surface area contributed by atoms with E-state index < -0.39 is 5.92 Å². The molecule has 0 aromatic heterocycles. The Morgan fingerprint density at radius 1 is 1.35 bits per heavy atom. The quantitative estimate of drug-likeness (QED) is 0.823. The van der Waals surface area contributed by atoms with Crippen LogP contribution in [-0.4, -0.2) is 49.7 Å². The van der Waals surface area contributed by atoms with Crippen LogP contribution in [0, 0.1) is 5.92 Å². The van der Waals surface area contributed by atoms with Gasteiger partial charge in [-0.2, -0.15) is 0 Å². The highest BCUT2D eigenvalue weighted by Gasteiger charge is 2.21. The molecule has 1 aromatic carbocycles. The van der Waals surface area contributed by atoms with Gasteiger partial charge >= 0.3 is 5.97 Å². The number of carbonyl (C=O) groups excluding carboxylic acids is 2. The Labute approximate surface area is 117 Å². The molecule has 0 saturated heterocycles. The van der Waals surface area contributed by atoms with E-state index in [-0.39, 0.29) is 29.7 Å². The van der Waals surface area contributed by atoms with Gasteiger partial charge in [-0.3, -0.25) is 9.59 Å². The van der Waals surface area contributed by atoms with E-state index in [1.165, 1.54) is 31.3 Å². The van der Waals surface area contributed by atoms with Crippen molar-refractivity contribution in [3.05, 3.63) is 23.8 Å². The maximum Gasteiger partial charge on any atom is 0.310 e. The Kier molecular flexibility index (Phi) is 5.37. The SMILES string of the molecule is COC(=O)C(C)CN(C)C(=O)c1ccc(OC)cc1O. The number of carbonyl (C=O) groups is 2. The van der Waals surface area contributed by atoms with Crippen molar-refractivity contribution in [2.24, 2.45) is 5.92 Å². The fourth-order valence-electron chi connectivity index (χ4n) is 1.79. The molecule has 0 spiro atoms. The van der Waals surface area contributed by atoms with Crippen molar-refractivity contribution in [1.82, 2.24) is 4.90 Å². The van der Waals surface area contributed by atoms with Gasteiger partial charge in [-0.05, 0) is 12.1 Å². The Morgan fingerprint density at radius 2 is 2.00 bits per heavy atom. The summed E-state index contributed by atoms with van der Waals surface area (Å²) < 4.78 is 9.56. The number of hydrogen-bond acceptors (Lipinski definition) is 5.